The predicted molar refractivity (Wildman–Crippen MR) is 115 cm³/mol. The lowest BCUT2D eigenvalue weighted by Crippen LogP contribution is -2.28. The zero-order chi connectivity index (χ0) is 21.7. The minimum absolute atomic E-state index is 0.161. The minimum atomic E-state index is -0.818. The third-order valence-electron chi connectivity index (χ3n) is 4.32. The van der Waals surface area contributed by atoms with Crippen molar-refractivity contribution < 1.29 is 19.1 Å². The molecule has 0 spiro atoms. The number of pyridine rings is 1. The summed E-state index contributed by atoms with van der Waals surface area (Å²) in [6.07, 6.45) is 0.700. The van der Waals surface area contributed by atoms with Gasteiger partial charge in [0.1, 0.15) is 12.3 Å². The van der Waals surface area contributed by atoms with E-state index in [0.717, 1.165) is 0 Å². The van der Waals surface area contributed by atoms with Crippen molar-refractivity contribution in [1.82, 2.24) is 4.57 Å². The zero-order valence-corrected chi connectivity index (χ0v) is 17.3. The summed E-state index contributed by atoms with van der Waals surface area (Å²) in [7, 11) is 0. The third-order valence-corrected chi connectivity index (χ3v) is 4.56. The highest BCUT2D eigenvalue weighted by molar-refractivity contribution is 6.30. The van der Waals surface area contributed by atoms with Crippen LogP contribution in [-0.4, -0.2) is 29.2 Å². The molecule has 7 nitrogen and oxygen atoms in total. The molecular weight excluding hydrogens is 408 g/mol. The fraction of sp³-hybridized carbons (Fsp3) is 0.227. The molecule has 156 valence electrons. The topological polar surface area (TPSA) is 86.6 Å². The van der Waals surface area contributed by atoms with E-state index >= 15 is 0 Å². The molecule has 0 saturated carbocycles. The highest BCUT2D eigenvalue weighted by atomic mass is 35.5. The number of nitrogens with zero attached hydrogens (tertiary/aromatic N) is 1. The van der Waals surface area contributed by atoms with Gasteiger partial charge >= 0.3 is 5.97 Å². The number of fused-ring (bicyclic) bond motifs is 1. The number of carbonyl (C=O) groups excluding carboxylic acids is 2. The van der Waals surface area contributed by atoms with Gasteiger partial charge in [-0.25, -0.2) is 4.79 Å². The standard InChI is InChI=1S/C22H21ClN2O5/c1-3-29-22(28)14(2)30-19-9-5-8-18-17(19)10-11-25(21(18)27)13-20(26)24-16-7-4-6-15(23)12-16/h4-12,14H,3,13H2,1-2H3,(H,24,26). The summed E-state index contributed by atoms with van der Waals surface area (Å²) in [5, 5.41) is 4.13. The van der Waals surface area contributed by atoms with Crippen molar-refractivity contribution in [2.75, 3.05) is 11.9 Å². The van der Waals surface area contributed by atoms with Gasteiger partial charge in [-0.15, -0.1) is 0 Å². The first kappa shape index (κ1) is 21.4. The summed E-state index contributed by atoms with van der Waals surface area (Å²) in [6, 6.07) is 13.4. The summed E-state index contributed by atoms with van der Waals surface area (Å²) >= 11 is 5.92. The molecule has 0 bridgehead atoms. The monoisotopic (exact) mass is 428 g/mol. The molecule has 0 aliphatic rings. The Bertz CT molecular complexity index is 1140. The molecule has 1 amide bonds. The second kappa shape index (κ2) is 9.45. The Balaban J connectivity index is 1.81. The molecule has 0 aliphatic heterocycles. The number of hydrogen-bond acceptors (Lipinski definition) is 5. The van der Waals surface area contributed by atoms with Crippen LogP contribution >= 0.6 is 11.6 Å². The smallest absolute Gasteiger partial charge is 0.347 e. The molecule has 1 atom stereocenters. The number of ether oxygens (including phenoxy) is 2. The van der Waals surface area contributed by atoms with Crippen molar-refractivity contribution in [1.29, 1.82) is 0 Å². The molecule has 2 aromatic carbocycles. The Labute approximate surface area is 178 Å². The van der Waals surface area contributed by atoms with Crippen LogP contribution in [0.25, 0.3) is 10.8 Å². The fourth-order valence-electron chi connectivity index (χ4n) is 2.94. The van der Waals surface area contributed by atoms with Gasteiger partial charge in [-0.05, 0) is 50.2 Å². The minimum Gasteiger partial charge on any atom is -0.478 e. The molecule has 1 N–H and O–H groups in total. The molecule has 1 unspecified atom stereocenters. The van der Waals surface area contributed by atoms with E-state index < -0.39 is 12.1 Å². The number of carbonyl (C=O) groups is 2. The average molecular weight is 429 g/mol. The van der Waals surface area contributed by atoms with Crippen molar-refractivity contribution in [2.24, 2.45) is 0 Å². The first-order valence-corrected chi connectivity index (χ1v) is 9.77. The normalized spacial score (nSPS) is 11.7. The van der Waals surface area contributed by atoms with Gasteiger partial charge < -0.3 is 19.4 Å². The molecule has 0 aliphatic carbocycles. The van der Waals surface area contributed by atoms with E-state index in [2.05, 4.69) is 5.32 Å². The third kappa shape index (κ3) is 4.99. The van der Waals surface area contributed by atoms with E-state index in [-0.39, 0.29) is 24.6 Å². The first-order valence-electron chi connectivity index (χ1n) is 9.40. The lowest BCUT2D eigenvalue weighted by atomic mass is 10.1. The van der Waals surface area contributed by atoms with E-state index in [1.807, 2.05) is 0 Å². The Hall–Kier alpha value is -3.32. The van der Waals surface area contributed by atoms with E-state index in [4.69, 9.17) is 21.1 Å². The number of amides is 1. The summed E-state index contributed by atoms with van der Waals surface area (Å²) in [6.45, 7) is 3.39. The van der Waals surface area contributed by atoms with Crippen LogP contribution in [0.5, 0.6) is 5.75 Å². The van der Waals surface area contributed by atoms with Crippen LogP contribution in [0.2, 0.25) is 5.02 Å². The first-order chi connectivity index (χ1) is 14.4. The van der Waals surface area contributed by atoms with Gasteiger partial charge in [0, 0.05) is 22.3 Å². The van der Waals surface area contributed by atoms with Gasteiger partial charge in [0.25, 0.3) is 5.56 Å². The van der Waals surface area contributed by atoms with Crippen LogP contribution in [0.3, 0.4) is 0 Å². The highest BCUT2D eigenvalue weighted by Crippen LogP contribution is 2.24. The summed E-state index contributed by atoms with van der Waals surface area (Å²) in [5.74, 6) is -0.455. The van der Waals surface area contributed by atoms with Crippen LogP contribution in [0.4, 0.5) is 5.69 Å². The number of anilines is 1. The fourth-order valence-corrected chi connectivity index (χ4v) is 3.13. The van der Waals surface area contributed by atoms with Crippen molar-refractivity contribution in [3.05, 3.63) is 70.1 Å². The molecular formula is C22H21ClN2O5. The average Bonchev–Trinajstić information content (AvgIpc) is 2.70. The molecule has 0 fully saturated rings. The number of aromatic nitrogens is 1. The van der Waals surface area contributed by atoms with Crippen LogP contribution in [0.15, 0.2) is 59.5 Å². The van der Waals surface area contributed by atoms with Crippen LogP contribution in [0, 0.1) is 0 Å². The maximum absolute atomic E-state index is 12.9. The molecule has 0 saturated heterocycles. The lowest BCUT2D eigenvalue weighted by molar-refractivity contribution is -0.150. The number of halogens is 1. The number of hydrogen-bond donors (Lipinski definition) is 1. The molecule has 1 heterocycles. The predicted octanol–water partition coefficient (Wildman–Crippen LogP) is 3.62. The largest absolute Gasteiger partial charge is 0.478 e. The van der Waals surface area contributed by atoms with E-state index in [1.54, 1.807) is 62.4 Å². The second-order valence-electron chi connectivity index (χ2n) is 6.54. The van der Waals surface area contributed by atoms with Crippen LogP contribution in [0.1, 0.15) is 13.8 Å². The Morgan fingerprint density at radius 3 is 2.63 bits per heavy atom. The van der Waals surface area contributed by atoms with Gasteiger partial charge in [0.05, 0.1) is 12.0 Å². The van der Waals surface area contributed by atoms with E-state index in [9.17, 15) is 14.4 Å². The van der Waals surface area contributed by atoms with Gasteiger partial charge in [-0.1, -0.05) is 23.7 Å². The van der Waals surface area contributed by atoms with Gasteiger partial charge in [0.15, 0.2) is 6.10 Å². The lowest BCUT2D eigenvalue weighted by Gasteiger charge is -2.15. The Morgan fingerprint density at radius 2 is 1.90 bits per heavy atom. The summed E-state index contributed by atoms with van der Waals surface area (Å²) < 4.78 is 11.9. The van der Waals surface area contributed by atoms with E-state index in [1.165, 1.54) is 10.8 Å². The number of esters is 1. The molecule has 8 heteroatoms. The van der Waals surface area contributed by atoms with Gasteiger partial charge in [0.2, 0.25) is 5.91 Å². The Morgan fingerprint density at radius 1 is 1.13 bits per heavy atom. The maximum atomic E-state index is 12.9. The van der Waals surface area contributed by atoms with Crippen molar-refractivity contribution >= 4 is 39.9 Å². The number of benzene rings is 2. The maximum Gasteiger partial charge on any atom is 0.347 e. The van der Waals surface area contributed by atoms with Gasteiger partial charge in [-0.2, -0.15) is 0 Å². The zero-order valence-electron chi connectivity index (χ0n) is 16.6. The second-order valence-corrected chi connectivity index (χ2v) is 6.97. The number of rotatable bonds is 7. The molecule has 0 radical (unpaired) electrons. The van der Waals surface area contributed by atoms with Crippen molar-refractivity contribution in [3.63, 3.8) is 0 Å². The van der Waals surface area contributed by atoms with Crippen molar-refractivity contribution in [2.45, 2.75) is 26.5 Å². The quantitative estimate of drug-likeness (QED) is 0.581. The molecule has 3 aromatic rings. The van der Waals surface area contributed by atoms with E-state index in [0.29, 0.717) is 27.2 Å². The molecule has 3 rings (SSSR count). The Kier molecular flexibility index (Phi) is 6.74. The summed E-state index contributed by atoms with van der Waals surface area (Å²) in [5.41, 5.74) is 0.202. The SMILES string of the molecule is CCOC(=O)C(C)Oc1cccc2c(=O)n(CC(=O)Nc3cccc(Cl)c3)ccc12. The summed E-state index contributed by atoms with van der Waals surface area (Å²) in [4.78, 5) is 37.0. The van der Waals surface area contributed by atoms with Gasteiger partial charge in [-0.3, -0.25) is 9.59 Å². The van der Waals surface area contributed by atoms with Crippen molar-refractivity contribution in [3.8, 4) is 5.75 Å². The number of nitrogens with one attached hydrogen (secondary N) is 1. The van der Waals surface area contributed by atoms with Crippen LogP contribution < -0.4 is 15.6 Å². The molecule has 1 aromatic heterocycles. The molecule has 30 heavy (non-hydrogen) atoms. The van der Waals surface area contributed by atoms with Crippen LogP contribution in [-0.2, 0) is 20.9 Å². The highest BCUT2D eigenvalue weighted by Gasteiger charge is 2.18.